The van der Waals surface area contributed by atoms with Crippen LogP contribution in [0.4, 0.5) is 4.48 Å². The van der Waals surface area contributed by atoms with Gasteiger partial charge in [-0.3, -0.25) is 0 Å². The van der Waals surface area contributed by atoms with Gasteiger partial charge in [0.1, 0.15) is 13.2 Å². The Labute approximate surface area is 94.5 Å². The first-order valence-electron chi connectivity index (χ1n) is 4.92. The van der Waals surface area contributed by atoms with Crippen molar-refractivity contribution in [2.24, 2.45) is 0 Å². The summed E-state index contributed by atoms with van der Waals surface area (Å²) in [5.74, 6) is 0. The molecule has 0 fully saturated rings. The van der Waals surface area contributed by atoms with Crippen molar-refractivity contribution in [3.63, 3.8) is 0 Å². The van der Waals surface area contributed by atoms with E-state index in [2.05, 4.69) is 0 Å². The highest BCUT2D eigenvalue weighted by molar-refractivity contribution is 5.15. The molecule has 0 N–H and O–H groups in total. The summed E-state index contributed by atoms with van der Waals surface area (Å²) in [6.07, 6.45) is 0. The Morgan fingerprint density at radius 3 is 1.75 bits per heavy atom. The fourth-order valence-electron chi connectivity index (χ4n) is 1.51. The van der Waals surface area contributed by atoms with Gasteiger partial charge in [0.05, 0.1) is 11.1 Å². The minimum atomic E-state index is 0.213. The summed E-state index contributed by atoms with van der Waals surface area (Å²) in [5.41, 5.74) is 1.80. The average molecular weight is 230 g/mol. The van der Waals surface area contributed by atoms with Crippen molar-refractivity contribution >= 4 is 0 Å². The van der Waals surface area contributed by atoms with Crippen LogP contribution in [0, 0.1) is 0 Å². The van der Waals surface area contributed by atoms with Crippen molar-refractivity contribution in [1.82, 2.24) is 0 Å². The molecule has 0 amide bonds. The van der Waals surface area contributed by atoms with Crippen molar-refractivity contribution in [3.8, 4) is 0 Å². The van der Waals surface area contributed by atoms with E-state index in [9.17, 15) is 4.48 Å². The molecule has 1 rings (SSSR count). The SMILES string of the molecule is COCc1cc(COC)[n+](F)c(COC)c1. The van der Waals surface area contributed by atoms with Crippen LogP contribution in [0.1, 0.15) is 17.0 Å². The Morgan fingerprint density at radius 1 is 0.938 bits per heavy atom. The molecule has 0 aliphatic heterocycles. The van der Waals surface area contributed by atoms with Gasteiger partial charge in [-0.25, -0.2) is 0 Å². The Morgan fingerprint density at radius 2 is 1.38 bits per heavy atom. The van der Waals surface area contributed by atoms with Gasteiger partial charge in [-0.2, -0.15) is 0 Å². The number of hydrogen-bond acceptors (Lipinski definition) is 3. The number of aromatic nitrogens is 1. The maximum Gasteiger partial charge on any atom is 0.256 e. The molecule has 0 radical (unpaired) electrons. The van der Waals surface area contributed by atoms with Crippen molar-refractivity contribution in [1.29, 1.82) is 0 Å². The normalized spacial score (nSPS) is 10.8. The third-order valence-corrected chi connectivity index (χ3v) is 2.10. The van der Waals surface area contributed by atoms with Gasteiger partial charge >= 0.3 is 0 Å². The lowest BCUT2D eigenvalue weighted by atomic mass is 10.2. The van der Waals surface area contributed by atoms with E-state index in [1.807, 2.05) is 0 Å². The van der Waals surface area contributed by atoms with Crippen LogP contribution in [0.25, 0.3) is 0 Å². The van der Waals surface area contributed by atoms with Crippen LogP contribution in [0.2, 0.25) is 0 Å². The molecule has 0 aromatic carbocycles. The predicted molar refractivity (Wildman–Crippen MR) is 55.3 cm³/mol. The van der Waals surface area contributed by atoms with Crippen LogP contribution in [0.3, 0.4) is 0 Å². The molecule has 0 aliphatic carbocycles. The first-order chi connectivity index (χ1) is 7.72. The van der Waals surface area contributed by atoms with Gasteiger partial charge in [-0.1, -0.05) is 0 Å². The highest BCUT2D eigenvalue weighted by Gasteiger charge is 2.20. The zero-order chi connectivity index (χ0) is 12.0. The van der Waals surface area contributed by atoms with Crippen molar-refractivity contribution in [2.75, 3.05) is 21.3 Å². The number of rotatable bonds is 6. The van der Waals surface area contributed by atoms with Gasteiger partial charge in [-0.05, 0) is 5.56 Å². The monoisotopic (exact) mass is 230 g/mol. The van der Waals surface area contributed by atoms with Crippen molar-refractivity contribution in [3.05, 3.63) is 29.1 Å². The number of halogens is 1. The van der Waals surface area contributed by atoms with Crippen LogP contribution >= 0.6 is 0 Å². The van der Waals surface area contributed by atoms with Gasteiger partial charge in [0, 0.05) is 38.3 Å². The summed E-state index contributed by atoms with van der Waals surface area (Å²) >= 11 is 0. The minimum absolute atomic E-state index is 0.213. The molecule has 0 bridgehead atoms. The molecule has 90 valence electrons. The van der Waals surface area contributed by atoms with E-state index in [-0.39, 0.29) is 13.2 Å². The van der Waals surface area contributed by atoms with Crippen molar-refractivity contribution in [2.45, 2.75) is 19.8 Å². The maximum absolute atomic E-state index is 13.8. The Balaban J connectivity index is 3.05. The highest BCUT2D eigenvalue weighted by Crippen LogP contribution is 2.08. The van der Waals surface area contributed by atoms with E-state index in [1.54, 1.807) is 19.2 Å². The zero-order valence-electron chi connectivity index (χ0n) is 9.83. The van der Waals surface area contributed by atoms with Gasteiger partial charge in [-0.15, -0.1) is 0 Å². The summed E-state index contributed by atoms with van der Waals surface area (Å²) in [6, 6.07) is 3.43. The number of pyridine rings is 1. The number of nitrogens with zero attached hydrogens (tertiary/aromatic N) is 1. The standard InChI is InChI=1S/C11H17FNO3/c1-14-6-9-4-10(7-15-2)13(12)11(5-9)8-16-3/h4-5H,6-8H2,1-3H3/q+1. The second-order valence-electron chi connectivity index (χ2n) is 3.43. The number of ether oxygens (including phenoxy) is 3. The zero-order valence-corrected chi connectivity index (χ0v) is 9.83. The number of methoxy groups -OCH3 is 3. The highest BCUT2D eigenvalue weighted by atomic mass is 19.2. The van der Waals surface area contributed by atoms with E-state index in [0.29, 0.717) is 22.8 Å². The van der Waals surface area contributed by atoms with Crippen LogP contribution < -0.4 is 4.79 Å². The molecule has 0 atom stereocenters. The summed E-state index contributed by atoms with van der Waals surface area (Å²) in [5, 5.41) is 0. The van der Waals surface area contributed by atoms with E-state index in [0.717, 1.165) is 5.56 Å². The van der Waals surface area contributed by atoms with Gasteiger partial charge in [0.2, 0.25) is 0 Å². The molecule has 1 aromatic heterocycles. The first kappa shape index (κ1) is 13.0. The smallest absolute Gasteiger partial charge is 0.256 e. The van der Waals surface area contributed by atoms with Crippen molar-refractivity contribution < 1.29 is 23.5 Å². The lowest BCUT2D eigenvalue weighted by Gasteiger charge is -2.03. The third-order valence-electron chi connectivity index (χ3n) is 2.10. The molecule has 0 saturated heterocycles. The minimum Gasteiger partial charge on any atom is -0.380 e. The summed E-state index contributed by atoms with van der Waals surface area (Å²) in [6.45, 7) is 0.865. The molecule has 0 spiro atoms. The van der Waals surface area contributed by atoms with Crippen LogP contribution in [-0.4, -0.2) is 21.3 Å². The van der Waals surface area contributed by atoms with Crippen LogP contribution in [0.5, 0.6) is 0 Å². The van der Waals surface area contributed by atoms with Gasteiger partial charge in [0.25, 0.3) is 11.4 Å². The Hall–Kier alpha value is -1.04. The van der Waals surface area contributed by atoms with E-state index in [1.165, 1.54) is 14.2 Å². The summed E-state index contributed by atoms with van der Waals surface area (Å²) in [7, 11) is 4.65. The van der Waals surface area contributed by atoms with Gasteiger partial charge < -0.3 is 14.2 Å². The van der Waals surface area contributed by atoms with E-state index >= 15 is 0 Å². The molecular formula is C11H17FNO3+. The molecule has 0 aliphatic rings. The largest absolute Gasteiger partial charge is 0.380 e. The second kappa shape index (κ2) is 6.52. The fourth-order valence-corrected chi connectivity index (χ4v) is 1.51. The molecule has 1 heterocycles. The van der Waals surface area contributed by atoms with Crippen LogP contribution in [0.15, 0.2) is 12.1 Å². The number of hydrogen-bond donors (Lipinski definition) is 0. The molecule has 4 nitrogen and oxygen atoms in total. The second-order valence-corrected chi connectivity index (χ2v) is 3.43. The summed E-state index contributed by atoms with van der Waals surface area (Å²) in [4.78, 5) is 0.589. The quantitative estimate of drug-likeness (QED) is 0.734. The lowest BCUT2D eigenvalue weighted by Crippen LogP contribution is -2.35. The van der Waals surface area contributed by atoms with E-state index in [4.69, 9.17) is 14.2 Å². The average Bonchev–Trinajstić information content (AvgIpc) is 2.26. The molecule has 0 unspecified atom stereocenters. The fraction of sp³-hybridized carbons (Fsp3) is 0.545. The molecule has 1 aromatic rings. The topological polar surface area (TPSA) is 31.6 Å². The van der Waals surface area contributed by atoms with E-state index < -0.39 is 0 Å². The molecule has 16 heavy (non-hydrogen) atoms. The molecule has 0 saturated carbocycles. The predicted octanol–water partition coefficient (Wildman–Crippen LogP) is 1.15. The van der Waals surface area contributed by atoms with Gasteiger partial charge in [0.15, 0.2) is 0 Å². The maximum atomic E-state index is 13.8. The molecule has 5 heteroatoms. The first-order valence-corrected chi connectivity index (χ1v) is 4.92. The third kappa shape index (κ3) is 3.23. The Bertz CT molecular complexity index is 317. The summed E-state index contributed by atoms with van der Waals surface area (Å²) < 4.78 is 28.7. The Kier molecular flexibility index (Phi) is 5.31. The van der Waals surface area contributed by atoms with Crippen LogP contribution in [-0.2, 0) is 34.0 Å². The lowest BCUT2D eigenvalue weighted by molar-refractivity contribution is -0.857. The molecular weight excluding hydrogens is 213 g/mol.